The van der Waals surface area contributed by atoms with Crippen molar-refractivity contribution in [3.8, 4) is 0 Å². The van der Waals surface area contributed by atoms with Gasteiger partial charge in [-0.25, -0.2) is 4.79 Å². The average Bonchev–Trinajstić information content (AvgIpc) is 2.80. The molecule has 0 radical (unpaired) electrons. The molecule has 1 unspecified atom stereocenters. The molecule has 0 amide bonds. The Balaban J connectivity index is 2.41. The van der Waals surface area contributed by atoms with Crippen LogP contribution in [0.1, 0.15) is 32.4 Å². The molecule has 0 saturated carbocycles. The molecule has 21 heavy (non-hydrogen) atoms. The van der Waals surface area contributed by atoms with Crippen LogP contribution in [0, 0.1) is 0 Å². The van der Waals surface area contributed by atoms with Gasteiger partial charge < -0.3 is 15.2 Å². The van der Waals surface area contributed by atoms with Gasteiger partial charge in [0.15, 0.2) is 0 Å². The van der Waals surface area contributed by atoms with Crippen LogP contribution in [0.3, 0.4) is 0 Å². The van der Waals surface area contributed by atoms with Crippen molar-refractivity contribution in [2.24, 2.45) is 0 Å². The SMILES string of the molecule is CNCC(O)c1cccc2c1ccn2C(=O)OC(C)(C)C. The fourth-order valence-electron chi connectivity index (χ4n) is 2.26. The lowest BCUT2D eigenvalue weighted by atomic mass is 10.0. The van der Waals surface area contributed by atoms with Gasteiger partial charge in [0, 0.05) is 18.1 Å². The number of likely N-dealkylation sites (N-methyl/N-ethyl adjacent to an activating group) is 1. The maximum absolute atomic E-state index is 12.2. The number of rotatable bonds is 3. The summed E-state index contributed by atoms with van der Waals surface area (Å²) in [5, 5.41) is 14.0. The van der Waals surface area contributed by atoms with Gasteiger partial charge in [0.1, 0.15) is 5.60 Å². The Hall–Kier alpha value is -1.85. The number of fused-ring (bicyclic) bond motifs is 1. The van der Waals surface area contributed by atoms with Crippen LogP contribution in [0.4, 0.5) is 4.79 Å². The summed E-state index contributed by atoms with van der Waals surface area (Å²) < 4.78 is 6.86. The number of hydrogen-bond donors (Lipinski definition) is 2. The summed E-state index contributed by atoms with van der Waals surface area (Å²) >= 11 is 0. The summed E-state index contributed by atoms with van der Waals surface area (Å²) in [6.07, 6.45) is 0.639. The van der Waals surface area contributed by atoms with E-state index in [9.17, 15) is 9.90 Å². The van der Waals surface area contributed by atoms with E-state index in [0.717, 1.165) is 16.5 Å². The number of aromatic nitrogens is 1. The number of benzene rings is 1. The van der Waals surface area contributed by atoms with E-state index in [1.807, 2.05) is 45.0 Å². The summed E-state index contributed by atoms with van der Waals surface area (Å²) in [5.41, 5.74) is 0.984. The Bertz CT molecular complexity index is 640. The van der Waals surface area contributed by atoms with Crippen molar-refractivity contribution in [1.29, 1.82) is 0 Å². The number of aliphatic hydroxyl groups excluding tert-OH is 1. The van der Waals surface area contributed by atoms with Crippen LogP contribution >= 0.6 is 0 Å². The highest BCUT2D eigenvalue weighted by Crippen LogP contribution is 2.26. The van der Waals surface area contributed by atoms with Gasteiger partial charge in [-0.15, -0.1) is 0 Å². The van der Waals surface area contributed by atoms with E-state index in [-0.39, 0.29) is 0 Å². The molecule has 0 fully saturated rings. The maximum atomic E-state index is 12.2. The second-order valence-electron chi connectivity index (χ2n) is 6.02. The molecule has 0 saturated heterocycles. The molecule has 2 N–H and O–H groups in total. The van der Waals surface area contributed by atoms with E-state index < -0.39 is 17.8 Å². The molecule has 0 spiro atoms. The van der Waals surface area contributed by atoms with Gasteiger partial charge in [0.05, 0.1) is 11.6 Å². The average molecular weight is 290 g/mol. The topological polar surface area (TPSA) is 63.5 Å². The highest BCUT2D eigenvalue weighted by atomic mass is 16.6. The van der Waals surface area contributed by atoms with Gasteiger partial charge in [-0.1, -0.05) is 12.1 Å². The van der Waals surface area contributed by atoms with Crippen molar-refractivity contribution in [2.45, 2.75) is 32.5 Å². The van der Waals surface area contributed by atoms with Crippen LogP contribution in [0.15, 0.2) is 30.5 Å². The second-order valence-corrected chi connectivity index (χ2v) is 6.02. The first kappa shape index (κ1) is 15.5. The monoisotopic (exact) mass is 290 g/mol. The van der Waals surface area contributed by atoms with Gasteiger partial charge in [0.2, 0.25) is 0 Å². The first-order chi connectivity index (χ1) is 9.83. The van der Waals surface area contributed by atoms with Gasteiger partial charge in [0.25, 0.3) is 0 Å². The Morgan fingerprint density at radius 2 is 2.10 bits per heavy atom. The van der Waals surface area contributed by atoms with Crippen molar-refractivity contribution < 1.29 is 14.6 Å². The number of hydrogen-bond acceptors (Lipinski definition) is 4. The highest BCUT2D eigenvalue weighted by Gasteiger charge is 2.20. The number of carbonyl (C=O) groups is 1. The van der Waals surface area contributed by atoms with E-state index >= 15 is 0 Å². The summed E-state index contributed by atoms with van der Waals surface area (Å²) in [6, 6.07) is 7.36. The minimum absolute atomic E-state index is 0.419. The molecule has 2 aromatic rings. The lowest BCUT2D eigenvalue weighted by molar-refractivity contribution is 0.0544. The minimum Gasteiger partial charge on any atom is -0.443 e. The standard InChI is InChI=1S/C16H22N2O3/c1-16(2,3)21-15(20)18-9-8-11-12(14(19)10-17-4)6-5-7-13(11)18/h5-9,14,17,19H,10H2,1-4H3. The smallest absolute Gasteiger partial charge is 0.418 e. The van der Waals surface area contributed by atoms with E-state index in [4.69, 9.17) is 4.74 Å². The van der Waals surface area contributed by atoms with Crippen molar-refractivity contribution in [2.75, 3.05) is 13.6 Å². The maximum Gasteiger partial charge on any atom is 0.418 e. The summed E-state index contributed by atoms with van der Waals surface area (Å²) in [4.78, 5) is 12.2. The number of aliphatic hydroxyl groups is 1. The van der Waals surface area contributed by atoms with Crippen molar-refractivity contribution in [3.63, 3.8) is 0 Å². The normalized spacial score (nSPS) is 13.4. The van der Waals surface area contributed by atoms with E-state index in [0.29, 0.717) is 6.54 Å². The molecule has 5 nitrogen and oxygen atoms in total. The third kappa shape index (κ3) is 3.43. The lowest BCUT2D eigenvalue weighted by Gasteiger charge is -2.20. The largest absolute Gasteiger partial charge is 0.443 e. The Morgan fingerprint density at radius 1 is 1.38 bits per heavy atom. The van der Waals surface area contributed by atoms with Gasteiger partial charge in [-0.05, 0) is 45.5 Å². The second kappa shape index (κ2) is 5.87. The molecule has 1 heterocycles. The highest BCUT2D eigenvalue weighted by molar-refractivity contribution is 5.91. The molecule has 5 heteroatoms. The van der Waals surface area contributed by atoms with E-state index in [2.05, 4.69) is 5.32 Å². The molecule has 1 atom stereocenters. The zero-order valence-corrected chi connectivity index (χ0v) is 12.9. The number of nitrogens with one attached hydrogen (secondary N) is 1. The fraction of sp³-hybridized carbons (Fsp3) is 0.438. The molecule has 0 aliphatic carbocycles. The summed E-state index contributed by atoms with van der Waals surface area (Å²) in [5.74, 6) is 0. The first-order valence-electron chi connectivity index (χ1n) is 6.99. The van der Waals surface area contributed by atoms with E-state index in [1.54, 1.807) is 13.2 Å². The van der Waals surface area contributed by atoms with Crippen LogP contribution in [-0.2, 0) is 4.74 Å². The molecule has 0 aliphatic rings. The fourth-order valence-corrected chi connectivity index (χ4v) is 2.26. The molecule has 114 valence electrons. The van der Waals surface area contributed by atoms with Crippen LogP contribution < -0.4 is 5.32 Å². The number of ether oxygens (including phenoxy) is 1. The van der Waals surface area contributed by atoms with Gasteiger partial charge >= 0.3 is 6.09 Å². The Morgan fingerprint density at radius 3 is 2.71 bits per heavy atom. The third-order valence-electron chi connectivity index (χ3n) is 3.11. The quantitative estimate of drug-likeness (QED) is 0.912. The molecule has 1 aromatic heterocycles. The molecule has 0 aliphatic heterocycles. The molecule has 2 rings (SSSR count). The first-order valence-corrected chi connectivity index (χ1v) is 6.99. The Kier molecular flexibility index (Phi) is 4.34. The van der Waals surface area contributed by atoms with Gasteiger partial charge in [-0.3, -0.25) is 4.57 Å². The lowest BCUT2D eigenvalue weighted by Crippen LogP contribution is -2.26. The van der Waals surface area contributed by atoms with Gasteiger partial charge in [-0.2, -0.15) is 0 Å². The number of nitrogens with zero attached hydrogens (tertiary/aromatic N) is 1. The van der Waals surface area contributed by atoms with Crippen LogP contribution in [0.5, 0.6) is 0 Å². The van der Waals surface area contributed by atoms with Crippen LogP contribution in [-0.4, -0.2) is 35.0 Å². The van der Waals surface area contributed by atoms with Crippen LogP contribution in [0.25, 0.3) is 10.9 Å². The van der Waals surface area contributed by atoms with Crippen molar-refractivity contribution in [1.82, 2.24) is 9.88 Å². The third-order valence-corrected chi connectivity index (χ3v) is 3.11. The summed E-state index contributed by atoms with van der Waals surface area (Å²) in [6.45, 7) is 5.95. The predicted octanol–water partition coefficient (Wildman–Crippen LogP) is 2.68. The van der Waals surface area contributed by atoms with E-state index in [1.165, 1.54) is 4.57 Å². The van der Waals surface area contributed by atoms with Crippen LogP contribution in [0.2, 0.25) is 0 Å². The molecular formula is C16H22N2O3. The zero-order chi connectivity index (χ0) is 15.6. The number of carbonyl (C=O) groups excluding carboxylic acids is 1. The summed E-state index contributed by atoms with van der Waals surface area (Å²) in [7, 11) is 1.79. The molecule has 1 aromatic carbocycles. The molecular weight excluding hydrogens is 268 g/mol. The molecule has 0 bridgehead atoms. The Labute approximate surface area is 124 Å². The van der Waals surface area contributed by atoms with Crippen molar-refractivity contribution in [3.05, 3.63) is 36.0 Å². The predicted molar refractivity (Wildman–Crippen MR) is 82.5 cm³/mol. The van der Waals surface area contributed by atoms with Crippen molar-refractivity contribution >= 4 is 17.0 Å². The minimum atomic E-state index is -0.617. The zero-order valence-electron chi connectivity index (χ0n) is 12.9.